The molecule has 5 aromatic rings. The average molecular weight is 952 g/mol. The highest BCUT2D eigenvalue weighted by Crippen LogP contribution is 2.34. The fraction of sp³-hybridized carbons (Fsp3) is 0.408. The van der Waals surface area contributed by atoms with Crippen molar-refractivity contribution in [3.05, 3.63) is 107 Å². The average Bonchev–Trinajstić information content (AvgIpc) is 4.07. The van der Waals surface area contributed by atoms with E-state index in [0.29, 0.717) is 41.0 Å². The van der Waals surface area contributed by atoms with E-state index in [-0.39, 0.29) is 43.3 Å². The number of H-pyrrole nitrogens is 1. The Labute approximate surface area is 391 Å². The third-order valence-electron chi connectivity index (χ3n) is 14.3. The van der Waals surface area contributed by atoms with E-state index in [1.54, 1.807) is 17.2 Å². The van der Waals surface area contributed by atoms with Crippen LogP contribution < -0.4 is 19.8 Å². The van der Waals surface area contributed by atoms with Gasteiger partial charge < -0.3 is 19.7 Å². The highest BCUT2D eigenvalue weighted by Gasteiger charge is 2.40. The number of anilines is 3. The van der Waals surface area contributed by atoms with E-state index < -0.39 is 57.0 Å². The number of hydrogen-bond acceptors (Lipinski definition) is 10. The fourth-order valence-electron chi connectivity index (χ4n) is 10.4. The number of nitrogens with zero attached hydrogens (tertiary/aromatic N) is 6. The Morgan fingerprint density at radius 2 is 1.59 bits per heavy atom. The Kier molecular flexibility index (Phi) is 12.5. The minimum Gasteiger partial charge on any atom is -0.372 e. The first-order valence-corrected chi connectivity index (χ1v) is 24.8. The number of benzene rings is 3. The van der Waals surface area contributed by atoms with Crippen molar-refractivity contribution >= 4 is 61.8 Å². The molecule has 5 aliphatic heterocycles. The van der Waals surface area contributed by atoms with E-state index in [4.69, 9.17) is 0 Å². The number of pyridine rings is 1. The molecule has 68 heavy (non-hydrogen) atoms. The molecule has 3 amide bonds. The molecule has 10 rings (SSSR count). The van der Waals surface area contributed by atoms with Gasteiger partial charge in [0.1, 0.15) is 23.7 Å². The summed E-state index contributed by atoms with van der Waals surface area (Å²) in [4.78, 5) is 67.2. The summed E-state index contributed by atoms with van der Waals surface area (Å²) in [5, 5.41) is 2.71. The van der Waals surface area contributed by atoms with Gasteiger partial charge in [-0.1, -0.05) is 12.1 Å². The number of amides is 3. The maximum absolute atomic E-state index is 15.8. The second kappa shape index (κ2) is 18.6. The van der Waals surface area contributed by atoms with Gasteiger partial charge >= 0.3 is 10.2 Å². The number of hydrogen-bond donors (Lipinski definition) is 3. The molecule has 5 aliphatic rings. The molecule has 0 saturated carbocycles. The fourth-order valence-corrected chi connectivity index (χ4v) is 11.6. The van der Waals surface area contributed by atoms with Gasteiger partial charge in [-0.2, -0.15) is 12.7 Å². The van der Waals surface area contributed by atoms with E-state index in [2.05, 4.69) is 48.2 Å². The summed E-state index contributed by atoms with van der Waals surface area (Å²) in [6.07, 6.45) is 6.77. The van der Waals surface area contributed by atoms with Crippen molar-refractivity contribution in [1.82, 2.24) is 29.4 Å². The van der Waals surface area contributed by atoms with Crippen LogP contribution in [0.1, 0.15) is 76.8 Å². The van der Waals surface area contributed by atoms with E-state index in [1.165, 1.54) is 12.6 Å². The molecule has 4 saturated heterocycles. The summed E-state index contributed by atoms with van der Waals surface area (Å²) in [6.45, 7) is 6.58. The van der Waals surface area contributed by atoms with Crippen LogP contribution in [0.5, 0.6) is 0 Å². The minimum absolute atomic E-state index is 0.00555. The van der Waals surface area contributed by atoms with Crippen molar-refractivity contribution in [2.24, 2.45) is 5.92 Å². The number of piperazine rings is 1. The Morgan fingerprint density at radius 3 is 2.32 bits per heavy atom. The summed E-state index contributed by atoms with van der Waals surface area (Å²) in [7, 11) is -4.35. The lowest BCUT2D eigenvalue weighted by Crippen LogP contribution is -2.52. The van der Waals surface area contributed by atoms with Crippen molar-refractivity contribution in [2.45, 2.75) is 63.7 Å². The number of fused-ring (bicyclic) bond motifs is 2. The van der Waals surface area contributed by atoms with Gasteiger partial charge in [-0.3, -0.25) is 34.1 Å². The molecule has 0 aliphatic carbocycles. The zero-order valence-corrected chi connectivity index (χ0v) is 38.2. The summed E-state index contributed by atoms with van der Waals surface area (Å²) in [5.74, 6) is -3.72. The van der Waals surface area contributed by atoms with Gasteiger partial charge in [0.05, 0.1) is 11.3 Å². The normalized spacial score (nSPS) is 20.9. The predicted molar refractivity (Wildman–Crippen MR) is 250 cm³/mol. The molecule has 19 heteroatoms. The van der Waals surface area contributed by atoms with Crippen LogP contribution in [-0.2, 0) is 26.3 Å². The summed E-state index contributed by atoms with van der Waals surface area (Å²) in [5.41, 5.74) is 4.02. The smallest absolute Gasteiger partial charge is 0.301 e. The Bertz CT molecular complexity index is 2900. The zero-order chi connectivity index (χ0) is 47.3. The molecule has 0 spiro atoms. The number of nitrogens with one attached hydrogen (secondary N) is 3. The second-order valence-electron chi connectivity index (χ2n) is 18.5. The molecule has 1 unspecified atom stereocenters. The Balaban J connectivity index is 0.694. The first kappa shape index (κ1) is 45.5. The number of rotatable bonds is 13. The lowest BCUT2D eigenvalue weighted by molar-refractivity contribution is -0.136. The molecule has 4 fully saturated rings. The monoisotopic (exact) mass is 951 g/mol. The first-order chi connectivity index (χ1) is 32.8. The van der Waals surface area contributed by atoms with Crippen LogP contribution in [0.4, 0.5) is 30.2 Å². The molecule has 356 valence electrons. The SMILES string of the molecule is O=C1CCC(N2Cc3cc(N4CCC(CCCN5CCN(c6ccc(-c7cnc8[nH]cc(C(=O)c9c(F)ccc(NS(=O)(=O)N%10CC[C@@H](F)C%10)c9F)c8c7)cc6)CC5)CC4)ccc3C2=O)C(=O)N1. The quantitative estimate of drug-likeness (QED) is 0.0937. The molecule has 3 N–H and O–H groups in total. The number of alkyl halides is 1. The van der Waals surface area contributed by atoms with Crippen LogP contribution in [0.25, 0.3) is 22.2 Å². The highest BCUT2D eigenvalue weighted by molar-refractivity contribution is 7.90. The molecule has 2 aromatic heterocycles. The molecule has 15 nitrogen and oxygen atoms in total. The molecule has 0 bridgehead atoms. The van der Waals surface area contributed by atoms with Gasteiger partial charge in [-0.05, 0) is 111 Å². The van der Waals surface area contributed by atoms with Crippen LogP contribution in [0.3, 0.4) is 0 Å². The predicted octanol–water partition coefficient (Wildman–Crippen LogP) is 6.02. The van der Waals surface area contributed by atoms with Crippen LogP contribution in [0.2, 0.25) is 0 Å². The Hall–Kier alpha value is -6.31. The van der Waals surface area contributed by atoms with Gasteiger partial charge in [0.15, 0.2) is 5.82 Å². The maximum atomic E-state index is 15.8. The first-order valence-electron chi connectivity index (χ1n) is 23.3. The molecule has 3 aromatic carbocycles. The minimum atomic E-state index is -4.35. The van der Waals surface area contributed by atoms with Crippen LogP contribution in [0, 0.1) is 17.6 Å². The van der Waals surface area contributed by atoms with Gasteiger partial charge in [0.2, 0.25) is 17.6 Å². The molecule has 2 atom stereocenters. The number of carbonyl (C=O) groups is 4. The summed E-state index contributed by atoms with van der Waals surface area (Å²) >= 11 is 0. The number of imide groups is 1. The van der Waals surface area contributed by atoms with Crippen LogP contribution in [0.15, 0.2) is 73.1 Å². The van der Waals surface area contributed by atoms with Crippen LogP contribution >= 0.6 is 0 Å². The van der Waals surface area contributed by atoms with Crippen molar-refractivity contribution in [1.29, 1.82) is 0 Å². The summed E-state index contributed by atoms with van der Waals surface area (Å²) < 4.78 is 73.1. The number of halogens is 3. The van der Waals surface area contributed by atoms with Gasteiger partial charge in [0, 0.05) is 111 Å². The van der Waals surface area contributed by atoms with E-state index in [9.17, 15) is 32.0 Å². The lowest BCUT2D eigenvalue weighted by atomic mass is 9.91. The number of aromatic nitrogens is 2. The molecule has 7 heterocycles. The van der Waals surface area contributed by atoms with Crippen molar-refractivity contribution in [3.63, 3.8) is 0 Å². The largest absolute Gasteiger partial charge is 0.372 e. The second-order valence-corrected chi connectivity index (χ2v) is 20.1. The maximum Gasteiger partial charge on any atom is 0.301 e. The Morgan fingerprint density at radius 1 is 0.838 bits per heavy atom. The number of piperidine rings is 2. The van der Waals surface area contributed by atoms with Gasteiger partial charge in [-0.25, -0.2) is 18.2 Å². The molecule has 0 radical (unpaired) electrons. The van der Waals surface area contributed by atoms with Crippen molar-refractivity contribution in [2.75, 3.05) is 73.4 Å². The van der Waals surface area contributed by atoms with Crippen LogP contribution in [-0.4, -0.2) is 127 Å². The third-order valence-corrected chi connectivity index (χ3v) is 15.8. The third kappa shape index (κ3) is 9.05. The standard InChI is InChI=1S/C49H52F3N9O6S/c50-34-15-19-60(29-34)68(66,67)56-41-10-9-40(51)44(45(41)52)46(63)39-27-54-47-38(39)25-32(26-53-47)31-3-5-35(6-4-31)59-22-20-57(21-23-59)16-1-2-30-13-17-58(18-14-30)36-7-8-37-33(24-36)28-61(49(37)65)42-11-12-43(62)55-48(42)64/h3-10,24-27,30,34,42,56H,1-2,11-23,28-29H2,(H,53,54)(H,55,62,64)/t34-,42?/m1/s1. The van der Waals surface area contributed by atoms with Crippen molar-refractivity contribution in [3.8, 4) is 11.1 Å². The zero-order valence-electron chi connectivity index (χ0n) is 37.4. The van der Waals surface area contributed by atoms with Gasteiger partial charge in [0.25, 0.3) is 5.91 Å². The highest BCUT2D eigenvalue weighted by atomic mass is 32.2. The van der Waals surface area contributed by atoms with Crippen molar-refractivity contribution < 1.29 is 40.8 Å². The number of carbonyl (C=O) groups excluding carboxylic acids is 4. The lowest BCUT2D eigenvalue weighted by Gasteiger charge is -2.37. The molecular formula is C49H52F3N9O6S. The topological polar surface area (TPSA) is 171 Å². The number of aromatic amines is 1. The number of ketones is 1. The van der Waals surface area contributed by atoms with E-state index in [0.717, 1.165) is 104 Å². The van der Waals surface area contributed by atoms with E-state index >= 15 is 8.78 Å². The molecular weight excluding hydrogens is 900 g/mol. The summed E-state index contributed by atoms with van der Waals surface area (Å²) in [6, 6.07) is 16.9. The van der Waals surface area contributed by atoms with Gasteiger partial charge in [-0.15, -0.1) is 0 Å². The van der Waals surface area contributed by atoms with E-state index in [1.807, 2.05) is 29.0 Å².